The van der Waals surface area contributed by atoms with Crippen LogP contribution in [0.1, 0.15) is 50.2 Å². The summed E-state index contributed by atoms with van der Waals surface area (Å²) in [5, 5.41) is 7.27. The molecule has 1 saturated carbocycles. The van der Waals surface area contributed by atoms with Gasteiger partial charge >= 0.3 is 0 Å². The molecular formula is C16H27N3S. The van der Waals surface area contributed by atoms with Crippen LogP contribution >= 0.6 is 11.3 Å². The van der Waals surface area contributed by atoms with E-state index in [2.05, 4.69) is 41.4 Å². The molecule has 2 aliphatic rings. The van der Waals surface area contributed by atoms with Gasteiger partial charge in [0.05, 0.1) is 10.7 Å². The molecule has 2 heterocycles. The summed E-state index contributed by atoms with van der Waals surface area (Å²) in [7, 11) is 0. The van der Waals surface area contributed by atoms with Gasteiger partial charge in [-0.3, -0.25) is 4.90 Å². The van der Waals surface area contributed by atoms with Crippen LogP contribution in [0.4, 0.5) is 0 Å². The Balaban J connectivity index is 1.71. The third kappa shape index (κ3) is 3.07. The number of nitrogens with one attached hydrogen (secondary N) is 1. The Morgan fingerprint density at radius 2 is 2.30 bits per heavy atom. The standard InChI is InChI=1S/C16H27N3S/c1-4-5-15-8-17-16(3,13-6-7-13)11-19(15)9-14-10-20-12(2)18-14/h10,13,15,17H,4-9,11H2,1-3H3. The highest BCUT2D eigenvalue weighted by Gasteiger charge is 2.45. The molecule has 0 radical (unpaired) electrons. The lowest BCUT2D eigenvalue weighted by Crippen LogP contribution is -2.63. The Labute approximate surface area is 126 Å². The number of hydrogen-bond donors (Lipinski definition) is 1. The average Bonchev–Trinajstić information content (AvgIpc) is 3.19. The number of thiazole rings is 1. The third-order valence-electron chi connectivity index (χ3n) is 4.92. The van der Waals surface area contributed by atoms with Crippen LogP contribution in [0.3, 0.4) is 0 Å². The predicted molar refractivity (Wildman–Crippen MR) is 85.1 cm³/mol. The first-order valence-electron chi connectivity index (χ1n) is 8.01. The van der Waals surface area contributed by atoms with Crippen molar-refractivity contribution in [1.29, 1.82) is 0 Å². The highest BCUT2D eigenvalue weighted by molar-refractivity contribution is 7.09. The molecule has 0 spiro atoms. The summed E-state index contributed by atoms with van der Waals surface area (Å²) in [5.74, 6) is 0.893. The monoisotopic (exact) mass is 293 g/mol. The van der Waals surface area contributed by atoms with Gasteiger partial charge in [0.15, 0.2) is 0 Å². The molecule has 0 bridgehead atoms. The van der Waals surface area contributed by atoms with Crippen LogP contribution in [0, 0.1) is 12.8 Å². The molecule has 1 saturated heterocycles. The van der Waals surface area contributed by atoms with E-state index in [1.807, 2.05) is 0 Å². The molecule has 0 aromatic carbocycles. The van der Waals surface area contributed by atoms with Gasteiger partial charge in [0, 0.05) is 36.6 Å². The zero-order valence-electron chi connectivity index (χ0n) is 13.0. The lowest BCUT2D eigenvalue weighted by Gasteiger charge is -2.46. The summed E-state index contributed by atoms with van der Waals surface area (Å²) in [6.07, 6.45) is 5.37. The van der Waals surface area contributed by atoms with Crippen molar-refractivity contribution in [3.8, 4) is 0 Å². The topological polar surface area (TPSA) is 28.2 Å². The molecule has 1 N–H and O–H groups in total. The van der Waals surface area contributed by atoms with E-state index in [9.17, 15) is 0 Å². The molecule has 0 amide bonds. The fourth-order valence-electron chi connectivity index (χ4n) is 3.57. The summed E-state index contributed by atoms with van der Waals surface area (Å²) in [6, 6.07) is 0.675. The van der Waals surface area contributed by atoms with Gasteiger partial charge < -0.3 is 5.32 Å². The molecule has 4 heteroatoms. The summed E-state index contributed by atoms with van der Waals surface area (Å²) in [4.78, 5) is 7.35. The van der Waals surface area contributed by atoms with Gasteiger partial charge in [0.1, 0.15) is 0 Å². The third-order valence-corrected chi connectivity index (χ3v) is 5.74. The minimum atomic E-state index is 0.329. The van der Waals surface area contributed by atoms with E-state index in [1.165, 1.54) is 42.9 Å². The molecule has 2 unspecified atom stereocenters. The normalized spacial score (nSPS) is 31.6. The molecule has 1 aromatic heterocycles. The summed E-state index contributed by atoms with van der Waals surface area (Å²) in [6.45, 7) is 10.2. The van der Waals surface area contributed by atoms with Gasteiger partial charge in [-0.05, 0) is 39.0 Å². The molecule has 1 aliphatic carbocycles. The number of piperazine rings is 1. The van der Waals surface area contributed by atoms with Crippen LogP contribution in [-0.4, -0.2) is 34.6 Å². The zero-order chi connectivity index (χ0) is 14.2. The van der Waals surface area contributed by atoms with E-state index in [0.29, 0.717) is 11.6 Å². The first kappa shape index (κ1) is 14.5. The maximum atomic E-state index is 4.66. The Kier molecular flexibility index (Phi) is 4.16. The van der Waals surface area contributed by atoms with Crippen molar-refractivity contribution in [2.45, 2.75) is 64.6 Å². The smallest absolute Gasteiger partial charge is 0.0897 e. The van der Waals surface area contributed by atoms with Gasteiger partial charge in [-0.15, -0.1) is 11.3 Å². The maximum Gasteiger partial charge on any atom is 0.0897 e. The molecule has 2 atom stereocenters. The highest BCUT2D eigenvalue weighted by Crippen LogP contribution is 2.41. The lowest BCUT2D eigenvalue weighted by molar-refractivity contribution is 0.0630. The van der Waals surface area contributed by atoms with Crippen LogP contribution in [0.5, 0.6) is 0 Å². The van der Waals surface area contributed by atoms with E-state index in [4.69, 9.17) is 0 Å². The second-order valence-corrected chi connectivity index (χ2v) is 7.84. The molecule has 3 nitrogen and oxygen atoms in total. The SMILES string of the molecule is CCCC1CNC(C)(C2CC2)CN1Cc1csc(C)n1. The lowest BCUT2D eigenvalue weighted by atomic mass is 9.90. The summed E-state index contributed by atoms with van der Waals surface area (Å²) in [5.41, 5.74) is 1.59. The van der Waals surface area contributed by atoms with Gasteiger partial charge in [0.2, 0.25) is 0 Å². The van der Waals surface area contributed by atoms with Crippen molar-refractivity contribution in [3.63, 3.8) is 0 Å². The van der Waals surface area contributed by atoms with Gasteiger partial charge in [-0.25, -0.2) is 4.98 Å². The molecule has 1 aromatic rings. The molecule has 1 aliphatic heterocycles. The van der Waals surface area contributed by atoms with E-state index in [1.54, 1.807) is 11.3 Å². The van der Waals surface area contributed by atoms with Crippen LogP contribution in [-0.2, 0) is 6.54 Å². The van der Waals surface area contributed by atoms with Gasteiger partial charge in [-0.1, -0.05) is 13.3 Å². The Hall–Kier alpha value is -0.450. The second-order valence-electron chi connectivity index (χ2n) is 6.78. The number of aryl methyl sites for hydroxylation is 1. The number of rotatable bonds is 5. The van der Waals surface area contributed by atoms with Crippen molar-refractivity contribution in [2.24, 2.45) is 5.92 Å². The first-order chi connectivity index (χ1) is 9.60. The van der Waals surface area contributed by atoms with Gasteiger partial charge in [0.25, 0.3) is 0 Å². The fourth-order valence-corrected chi connectivity index (χ4v) is 4.18. The average molecular weight is 293 g/mol. The molecule has 3 rings (SSSR count). The largest absolute Gasteiger partial charge is 0.308 e. The van der Waals surface area contributed by atoms with Gasteiger partial charge in [-0.2, -0.15) is 0 Å². The fraction of sp³-hybridized carbons (Fsp3) is 0.812. The van der Waals surface area contributed by atoms with Crippen LogP contribution < -0.4 is 5.32 Å². The van der Waals surface area contributed by atoms with Crippen LogP contribution in [0.15, 0.2) is 5.38 Å². The number of hydrogen-bond acceptors (Lipinski definition) is 4. The second kappa shape index (κ2) is 5.74. The molecular weight excluding hydrogens is 266 g/mol. The molecule has 2 fully saturated rings. The minimum absolute atomic E-state index is 0.329. The van der Waals surface area contributed by atoms with Crippen LogP contribution in [0.2, 0.25) is 0 Å². The Morgan fingerprint density at radius 1 is 1.50 bits per heavy atom. The minimum Gasteiger partial charge on any atom is -0.308 e. The van der Waals surface area contributed by atoms with E-state index < -0.39 is 0 Å². The zero-order valence-corrected chi connectivity index (χ0v) is 13.8. The summed E-state index contributed by atoms with van der Waals surface area (Å²) < 4.78 is 0. The summed E-state index contributed by atoms with van der Waals surface area (Å²) >= 11 is 1.77. The van der Waals surface area contributed by atoms with Crippen molar-refractivity contribution >= 4 is 11.3 Å². The van der Waals surface area contributed by atoms with Crippen molar-refractivity contribution in [2.75, 3.05) is 13.1 Å². The first-order valence-corrected chi connectivity index (χ1v) is 8.89. The van der Waals surface area contributed by atoms with E-state index in [-0.39, 0.29) is 0 Å². The highest BCUT2D eigenvalue weighted by atomic mass is 32.1. The van der Waals surface area contributed by atoms with Crippen molar-refractivity contribution in [3.05, 3.63) is 16.1 Å². The number of aromatic nitrogens is 1. The molecule has 112 valence electrons. The Morgan fingerprint density at radius 3 is 2.90 bits per heavy atom. The molecule has 20 heavy (non-hydrogen) atoms. The van der Waals surface area contributed by atoms with Crippen molar-refractivity contribution < 1.29 is 0 Å². The quantitative estimate of drug-likeness (QED) is 0.903. The van der Waals surface area contributed by atoms with Crippen LogP contribution in [0.25, 0.3) is 0 Å². The number of nitrogens with zero attached hydrogens (tertiary/aromatic N) is 2. The van der Waals surface area contributed by atoms with Crippen molar-refractivity contribution in [1.82, 2.24) is 15.2 Å². The van der Waals surface area contributed by atoms with E-state index >= 15 is 0 Å². The van der Waals surface area contributed by atoms with E-state index in [0.717, 1.165) is 19.0 Å². The Bertz CT molecular complexity index is 454. The predicted octanol–water partition coefficient (Wildman–Crippen LogP) is 3.19. The maximum absolute atomic E-state index is 4.66.